The van der Waals surface area contributed by atoms with E-state index in [9.17, 15) is 10.1 Å². The van der Waals surface area contributed by atoms with Crippen molar-refractivity contribution >= 4 is 27.4 Å². The van der Waals surface area contributed by atoms with E-state index in [-0.39, 0.29) is 11.0 Å². The van der Waals surface area contributed by atoms with Gasteiger partial charge >= 0.3 is 5.97 Å². The summed E-state index contributed by atoms with van der Waals surface area (Å²) in [5.41, 5.74) is 1.81. The van der Waals surface area contributed by atoms with Crippen LogP contribution in [0.4, 0.5) is 0 Å². The van der Waals surface area contributed by atoms with Crippen LogP contribution in [0, 0.1) is 11.3 Å². The molecule has 0 unspecified atom stereocenters. The third kappa shape index (κ3) is 2.71. The Morgan fingerprint density at radius 1 is 1.35 bits per heavy atom. The second-order valence-electron chi connectivity index (χ2n) is 6.37. The van der Waals surface area contributed by atoms with Gasteiger partial charge in [0.25, 0.3) is 0 Å². The average Bonchev–Trinajstić information content (AvgIpc) is 3.11. The maximum Gasteiger partial charge on any atom is 0.338 e. The first kappa shape index (κ1) is 15.3. The normalized spacial score (nSPS) is 11.6. The predicted octanol–water partition coefficient (Wildman–Crippen LogP) is 3.95. The van der Waals surface area contributed by atoms with E-state index >= 15 is 0 Å². The Morgan fingerprint density at radius 3 is 2.65 bits per heavy atom. The number of hydrogen-bond acceptors (Lipinski definition) is 4. The average molecular weight is 325 g/mol. The zero-order chi connectivity index (χ0) is 16.8. The lowest BCUT2D eigenvalue weighted by Gasteiger charge is -2.19. The summed E-state index contributed by atoms with van der Waals surface area (Å²) in [6.07, 6.45) is 2.79. The molecule has 0 atom stereocenters. The van der Waals surface area contributed by atoms with Gasteiger partial charge in [-0.25, -0.2) is 9.48 Å². The Labute approximate surface area is 137 Å². The van der Waals surface area contributed by atoms with Crippen LogP contribution >= 0.6 is 11.3 Å². The molecule has 3 rings (SSSR count). The summed E-state index contributed by atoms with van der Waals surface area (Å²) in [5.74, 6) is -1.01. The number of fused-ring (bicyclic) bond motifs is 1. The molecule has 0 amide bonds. The second kappa shape index (κ2) is 5.21. The molecule has 116 valence electrons. The number of carbonyl (C=O) groups is 1. The number of carboxylic acids is 1. The Kier molecular flexibility index (Phi) is 3.46. The van der Waals surface area contributed by atoms with Crippen molar-refractivity contribution in [2.24, 2.45) is 0 Å². The van der Waals surface area contributed by atoms with Gasteiger partial charge < -0.3 is 5.11 Å². The molecule has 0 aliphatic rings. The van der Waals surface area contributed by atoms with E-state index in [1.807, 2.05) is 12.1 Å². The fourth-order valence-corrected chi connectivity index (χ4v) is 3.36. The van der Waals surface area contributed by atoms with Crippen LogP contribution in [0.1, 0.15) is 42.3 Å². The molecule has 0 saturated carbocycles. The molecule has 0 aliphatic carbocycles. The highest BCUT2D eigenvalue weighted by Gasteiger charge is 2.18. The van der Waals surface area contributed by atoms with Gasteiger partial charge in [-0.05, 0) is 34.6 Å². The smallest absolute Gasteiger partial charge is 0.338 e. The van der Waals surface area contributed by atoms with Gasteiger partial charge in [-0.3, -0.25) is 0 Å². The van der Waals surface area contributed by atoms with Crippen molar-refractivity contribution < 1.29 is 9.90 Å². The van der Waals surface area contributed by atoms with E-state index < -0.39 is 5.97 Å². The summed E-state index contributed by atoms with van der Waals surface area (Å²) < 4.78 is 2.43. The molecule has 0 bridgehead atoms. The number of nitriles is 1. The molecule has 0 radical (unpaired) electrons. The van der Waals surface area contributed by atoms with Crippen molar-refractivity contribution in [1.29, 1.82) is 5.26 Å². The van der Waals surface area contributed by atoms with Crippen molar-refractivity contribution in [2.75, 3.05) is 0 Å². The largest absolute Gasteiger partial charge is 0.478 e. The Bertz CT molecular complexity index is 955. The standard InChI is InChI=1S/C17H15N3O2S/c1-17(2,3)13-4-10-6-14(23-15(10)11(5-13)7-18)20-9-12(8-19-20)16(21)22/h4-6,8-9H,1-3H3,(H,21,22). The van der Waals surface area contributed by atoms with Crippen LogP contribution < -0.4 is 0 Å². The molecule has 1 aromatic carbocycles. The molecule has 1 N–H and O–H groups in total. The number of aromatic nitrogens is 2. The van der Waals surface area contributed by atoms with Crippen LogP contribution in [-0.2, 0) is 5.41 Å². The predicted molar refractivity (Wildman–Crippen MR) is 89.3 cm³/mol. The number of carboxylic acid groups (broad SMARTS) is 1. The topological polar surface area (TPSA) is 78.9 Å². The minimum Gasteiger partial charge on any atom is -0.478 e. The molecular weight excluding hydrogens is 310 g/mol. The van der Waals surface area contributed by atoms with E-state index in [1.54, 1.807) is 0 Å². The Hall–Kier alpha value is -2.65. The lowest BCUT2D eigenvalue weighted by Crippen LogP contribution is -2.11. The van der Waals surface area contributed by atoms with Crippen molar-refractivity contribution in [1.82, 2.24) is 9.78 Å². The summed E-state index contributed by atoms with van der Waals surface area (Å²) in [5, 5.41) is 24.3. The first-order valence-corrected chi connectivity index (χ1v) is 7.88. The van der Waals surface area contributed by atoms with Crippen molar-refractivity contribution in [3.8, 4) is 11.1 Å². The third-order valence-electron chi connectivity index (χ3n) is 3.65. The highest BCUT2D eigenvalue weighted by atomic mass is 32.1. The summed E-state index contributed by atoms with van der Waals surface area (Å²) in [6, 6.07) is 8.20. The maximum atomic E-state index is 11.0. The van der Waals surface area contributed by atoms with Crippen LogP contribution in [0.5, 0.6) is 0 Å². The minimum atomic E-state index is -1.01. The third-order valence-corrected chi connectivity index (χ3v) is 4.82. The molecule has 0 spiro atoms. The molecule has 5 nitrogen and oxygen atoms in total. The van der Waals surface area contributed by atoms with Crippen LogP contribution in [0.2, 0.25) is 0 Å². The monoisotopic (exact) mass is 325 g/mol. The number of aromatic carboxylic acids is 1. The SMILES string of the molecule is CC(C)(C)c1cc(C#N)c2sc(-n3cc(C(=O)O)cn3)cc2c1. The minimum absolute atomic E-state index is 0.0515. The summed E-state index contributed by atoms with van der Waals surface area (Å²) in [4.78, 5) is 11.0. The maximum absolute atomic E-state index is 11.0. The fourth-order valence-electron chi connectivity index (χ4n) is 2.32. The number of benzene rings is 1. The molecule has 0 fully saturated rings. The van der Waals surface area contributed by atoms with E-state index in [0.29, 0.717) is 5.56 Å². The number of thiophene rings is 1. The molecule has 3 aromatic rings. The molecule has 23 heavy (non-hydrogen) atoms. The van der Waals surface area contributed by atoms with Crippen molar-refractivity contribution in [3.05, 3.63) is 47.3 Å². The first-order chi connectivity index (χ1) is 10.8. The van der Waals surface area contributed by atoms with Crippen molar-refractivity contribution in [3.63, 3.8) is 0 Å². The van der Waals surface area contributed by atoms with E-state index in [2.05, 4.69) is 38.0 Å². The number of nitrogens with zero attached hydrogens (tertiary/aromatic N) is 3. The van der Waals surface area contributed by atoms with Gasteiger partial charge in [0.15, 0.2) is 0 Å². The van der Waals surface area contributed by atoms with Crippen molar-refractivity contribution in [2.45, 2.75) is 26.2 Å². The lowest BCUT2D eigenvalue weighted by atomic mass is 9.85. The van der Waals surface area contributed by atoms with E-state index in [0.717, 1.165) is 20.7 Å². The molecule has 6 heteroatoms. The quantitative estimate of drug-likeness (QED) is 0.773. The van der Waals surface area contributed by atoms with E-state index in [1.165, 1.54) is 28.4 Å². The first-order valence-electron chi connectivity index (χ1n) is 7.06. The Balaban J connectivity index is 2.18. The molecular formula is C17H15N3O2S. The zero-order valence-corrected chi connectivity index (χ0v) is 13.8. The van der Waals surface area contributed by atoms with Gasteiger partial charge in [0, 0.05) is 6.20 Å². The summed E-state index contributed by atoms with van der Waals surface area (Å²) in [7, 11) is 0. The van der Waals surface area contributed by atoms with Gasteiger partial charge in [-0.1, -0.05) is 20.8 Å². The number of hydrogen-bond donors (Lipinski definition) is 1. The van der Waals surface area contributed by atoms with Crippen LogP contribution in [-0.4, -0.2) is 20.9 Å². The van der Waals surface area contributed by atoms with Crippen LogP contribution in [0.15, 0.2) is 30.6 Å². The second-order valence-corrected chi connectivity index (χ2v) is 7.40. The van der Waals surface area contributed by atoms with Crippen LogP contribution in [0.3, 0.4) is 0 Å². The highest BCUT2D eigenvalue weighted by molar-refractivity contribution is 7.21. The van der Waals surface area contributed by atoms with Gasteiger partial charge in [-0.2, -0.15) is 10.4 Å². The van der Waals surface area contributed by atoms with Crippen LogP contribution in [0.25, 0.3) is 15.1 Å². The highest BCUT2D eigenvalue weighted by Crippen LogP contribution is 2.35. The van der Waals surface area contributed by atoms with Gasteiger partial charge in [0.1, 0.15) is 11.1 Å². The summed E-state index contributed by atoms with van der Waals surface area (Å²) >= 11 is 1.43. The molecule has 2 aromatic heterocycles. The lowest BCUT2D eigenvalue weighted by molar-refractivity contribution is 0.0697. The Morgan fingerprint density at radius 2 is 2.09 bits per heavy atom. The van der Waals surface area contributed by atoms with Gasteiger partial charge in [-0.15, -0.1) is 11.3 Å². The molecule has 0 saturated heterocycles. The van der Waals surface area contributed by atoms with Gasteiger partial charge in [0.2, 0.25) is 0 Å². The molecule has 0 aliphatic heterocycles. The van der Waals surface area contributed by atoms with E-state index in [4.69, 9.17) is 5.11 Å². The fraction of sp³-hybridized carbons (Fsp3) is 0.235. The summed E-state index contributed by atoms with van der Waals surface area (Å²) in [6.45, 7) is 6.32. The number of rotatable bonds is 2. The van der Waals surface area contributed by atoms with Gasteiger partial charge in [0.05, 0.1) is 22.0 Å². The molecule has 2 heterocycles. The zero-order valence-electron chi connectivity index (χ0n) is 13.0.